The lowest BCUT2D eigenvalue weighted by Gasteiger charge is -2.22. The van der Waals surface area contributed by atoms with Crippen LogP contribution in [-0.2, 0) is 16.6 Å². The summed E-state index contributed by atoms with van der Waals surface area (Å²) in [6.45, 7) is 9.01. The van der Waals surface area contributed by atoms with Crippen LogP contribution in [0, 0.1) is 0 Å². The number of sulfonamides is 1. The van der Waals surface area contributed by atoms with Gasteiger partial charge in [-0.15, -0.1) is 6.58 Å². The van der Waals surface area contributed by atoms with E-state index < -0.39 is 10.0 Å². The van der Waals surface area contributed by atoms with Crippen LogP contribution in [0.5, 0.6) is 0 Å². The highest BCUT2D eigenvalue weighted by molar-refractivity contribution is 7.89. The molecule has 0 radical (unpaired) electrons. The summed E-state index contributed by atoms with van der Waals surface area (Å²) in [7, 11) is -3.53. The number of amides is 1. The van der Waals surface area contributed by atoms with E-state index in [1.165, 1.54) is 16.4 Å². The fraction of sp³-hybridized carbons (Fsp3) is 0.286. The van der Waals surface area contributed by atoms with E-state index >= 15 is 0 Å². The minimum Gasteiger partial charge on any atom is -0.331 e. The third kappa shape index (κ3) is 5.05. The zero-order chi connectivity index (χ0) is 19.9. The van der Waals surface area contributed by atoms with Crippen molar-refractivity contribution < 1.29 is 13.2 Å². The van der Waals surface area contributed by atoms with Crippen LogP contribution in [0.3, 0.4) is 0 Å². The highest BCUT2D eigenvalue weighted by atomic mass is 32.2. The number of nitrogens with zero attached hydrogens (tertiary/aromatic N) is 2. The van der Waals surface area contributed by atoms with E-state index in [1.807, 2.05) is 30.3 Å². The van der Waals surface area contributed by atoms with Crippen molar-refractivity contribution in [2.75, 3.05) is 19.6 Å². The highest BCUT2D eigenvalue weighted by Gasteiger charge is 2.22. The standard InChI is InChI=1S/C21H26N2O3S/c1-4-16-22(17-18-10-8-7-9-11-18)21(24)19-12-14-20(15-13-19)27(25,26)23(5-2)6-3/h4,7-15H,1,5-6,16-17H2,2-3H3. The molecule has 27 heavy (non-hydrogen) atoms. The summed E-state index contributed by atoms with van der Waals surface area (Å²) < 4.78 is 26.5. The molecular weight excluding hydrogens is 360 g/mol. The van der Waals surface area contributed by atoms with E-state index in [9.17, 15) is 13.2 Å². The van der Waals surface area contributed by atoms with Crippen molar-refractivity contribution in [1.82, 2.24) is 9.21 Å². The van der Waals surface area contributed by atoms with Crippen molar-refractivity contribution in [3.8, 4) is 0 Å². The smallest absolute Gasteiger partial charge is 0.254 e. The Morgan fingerprint density at radius 3 is 2.11 bits per heavy atom. The molecule has 2 aromatic rings. The van der Waals surface area contributed by atoms with Crippen molar-refractivity contribution in [3.05, 3.63) is 78.4 Å². The lowest BCUT2D eigenvalue weighted by molar-refractivity contribution is 0.0762. The van der Waals surface area contributed by atoms with E-state index in [0.29, 0.717) is 31.7 Å². The van der Waals surface area contributed by atoms with Gasteiger partial charge in [-0.05, 0) is 29.8 Å². The normalized spacial score (nSPS) is 11.4. The number of carbonyl (C=O) groups excluding carboxylic acids is 1. The van der Waals surface area contributed by atoms with E-state index in [2.05, 4.69) is 6.58 Å². The van der Waals surface area contributed by atoms with Crippen molar-refractivity contribution in [1.29, 1.82) is 0 Å². The topological polar surface area (TPSA) is 57.7 Å². The number of benzene rings is 2. The summed E-state index contributed by atoms with van der Waals surface area (Å²) in [5.41, 5.74) is 1.47. The minimum absolute atomic E-state index is 0.162. The van der Waals surface area contributed by atoms with Gasteiger partial charge >= 0.3 is 0 Å². The van der Waals surface area contributed by atoms with Gasteiger partial charge in [-0.2, -0.15) is 4.31 Å². The molecule has 0 aliphatic carbocycles. The van der Waals surface area contributed by atoms with E-state index in [-0.39, 0.29) is 10.8 Å². The molecule has 2 rings (SSSR count). The first-order valence-electron chi connectivity index (χ1n) is 8.98. The van der Waals surface area contributed by atoms with Gasteiger partial charge in [0, 0.05) is 31.7 Å². The molecule has 1 amide bonds. The van der Waals surface area contributed by atoms with Crippen LogP contribution >= 0.6 is 0 Å². The summed E-state index contributed by atoms with van der Waals surface area (Å²) in [6, 6.07) is 15.8. The third-order valence-corrected chi connectivity index (χ3v) is 6.36. The molecule has 0 aliphatic heterocycles. The maximum atomic E-state index is 12.9. The van der Waals surface area contributed by atoms with Crippen LogP contribution in [-0.4, -0.2) is 43.2 Å². The fourth-order valence-corrected chi connectivity index (χ4v) is 4.30. The molecule has 2 aromatic carbocycles. The molecule has 0 N–H and O–H groups in total. The summed E-state index contributed by atoms with van der Waals surface area (Å²) in [5.74, 6) is -0.162. The molecule has 144 valence electrons. The van der Waals surface area contributed by atoms with Gasteiger partial charge in [0.2, 0.25) is 10.0 Å². The number of rotatable bonds is 9. The first kappa shape index (κ1) is 20.9. The zero-order valence-corrected chi connectivity index (χ0v) is 16.7. The lowest BCUT2D eigenvalue weighted by Crippen LogP contribution is -2.31. The Morgan fingerprint density at radius 2 is 1.59 bits per heavy atom. The second-order valence-corrected chi connectivity index (χ2v) is 8.01. The molecule has 0 bridgehead atoms. The summed E-state index contributed by atoms with van der Waals surface area (Å²) in [5, 5.41) is 0. The molecule has 0 saturated heterocycles. The van der Waals surface area contributed by atoms with Crippen LogP contribution in [0.4, 0.5) is 0 Å². The van der Waals surface area contributed by atoms with Gasteiger partial charge in [-0.3, -0.25) is 4.79 Å². The third-order valence-electron chi connectivity index (χ3n) is 4.30. The van der Waals surface area contributed by atoms with Gasteiger partial charge in [0.1, 0.15) is 0 Å². The second-order valence-electron chi connectivity index (χ2n) is 6.07. The minimum atomic E-state index is -3.53. The first-order chi connectivity index (χ1) is 12.9. The first-order valence-corrected chi connectivity index (χ1v) is 10.4. The molecule has 0 heterocycles. The van der Waals surface area contributed by atoms with Gasteiger partial charge in [-0.1, -0.05) is 50.3 Å². The Balaban J connectivity index is 2.23. The molecule has 0 fully saturated rings. The number of carbonyl (C=O) groups is 1. The maximum Gasteiger partial charge on any atom is 0.254 e. The van der Waals surface area contributed by atoms with Crippen LogP contribution in [0.2, 0.25) is 0 Å². The molecule has 0 saturated carbocycles. The summed E-state index contributed by atoms with van der Waals surface area (Å²) in [4.78, 5) is 14.7. The van der Waals surface area contributed by atoms with Crippen LogP contribution in [0.25, 0.3) is 0 Å². The van der Waals surface area contributed by atoms with Gasteiger partial charge < -0.3 is 4.90 Å². The summed E-state index contributed by atoms with van der Waals surface area (Å²) >= 11 is 0. The highest BCUT2D eigenvalue weighted by Crippen LogP contribution is 2.18. The second kappa shape index (κ2) is 9.48. The molecule has 0 spiro atoms. The van der Waals surface area contributed by atoms with E-state index in [0.717, 1.165) is 5.56 Å². The quantitative estimate of drug-likeness (QED) is 0.619. The predicted octanol–water partition coefficient (Wildman–Crippen LogP) is 3.55. The SMILES string of the molecule is C=CCN(Cc1ccccc1)C(=O)c1ccc(S(=O)(=O)N(CC)CC)cc1. The maximum absolute atomic E-state index is 12.9. The van der Waals surface area contributed by atoms with E-state index in [1.54, 1.807) is 37.0 Å². The average molecular weight is 387 g/mol. The van der Waals surface area contributed by atoms with E-state index in [4.69, 9.17) is 0 Å². The number of hydrogen-bond donors (Lipinski definition) is 0. The summed E-state index contributed by atoms with van der Waals surface area (Å²) in [6.07, 6.45) is 1.68. The van der Waals surface area contributed by atoms with Gasteiger partial charge in [0.05, 0.1) is 4.90 Å². The lowest BCUT2D eigenvalue weighted by atomic mass is 10.1. The van der Waals surface area contributed by atoms with Gasteiger partial charge in [0.15, 0.2) is 0 Å². The van der Waals surface area contributed by atoms with Gasteiger partial charge in [-0.25, -0.2) is 8.42 Å². The molecule has 0 unspecified atom stereocenters. The molecular formula is C21H26N2O3S. The van der Waals surface area contributed by atoms with Crippen molar-refractivity contribution >= 4 is 15.9 Å². The zero-order valence-electron chi connectivity index (χ0n) is 15.8. The Labute approximate surface area is 162 Å². The van der Waals surface area contributed by atoms with Crippen molar-refractivity contribution in [2.24, 2.45) is 0 Å². The van der Waals surface area contributed by atoms with Crippen LogP contribution in [0.1, 0.15) is 29.8 Å². The predicted molar refractivity (Wildman–Crippen MR) is 108 cm³/mol. The van der Waals surface area contributed by atoms with Crippen LogP contribution in [0.15, 0.2) is 72.1 Å². The monoisotopic (exact) mass is 386 g/mol. The average Bonchev–Trinajstić information content (AvgIpc) is 2.69. The molecule has 5 nitrogen and oxygen atoms in total. The van der Waals surface area contributed by atoms with Crippen molar-refractivity contribution in [3.63, 3.8) is 0 Å². The molecule has 0 aliphatic rings. The number of hydrogen-bond acceptors (Lipinski definition) is 3. The van der Waals surface area contributed by atoms with Crippen LogP contribution < -0.4 is 0 Å². The van der Waals surface area contributed by atoms with Gasteiger partial charge in [0.25, 0.3) is 5.91 Å². The molecule has 0 atom stereocenters. The molecule has 6 heteroatoms. The molecule has 0 aromatic heterocycles. The Kier molecular flexibility index (Phi) is 7.33. The fourth-order valence-electron chi connectivity index (χ4n) is 2.84. The Bertz CT molecular complexity index is 858. The largest absolute Gasteiger partial charge is 0.331 e. The Hall–Kier alpha value is -2.44. The Morgan fingerprint density at radius 1 is 1.00 bits per heavy atom. The van der Waals surface area contributed by atoms with Crippen molar-refractivity contribution in [2.45, 2.75) is 25.3 Å².